The fraction of sp³-hybridized carbons (Fsp3) is 0. The second-order valence-corrected chi connectivity index (χ2v) is 14.4. The van der Waals surface area contributed by atoms with Gasteiger partial charge >= 0.3 is 0 Å². The second-order valence-electron chi connectivity index (χ2n) is 14.4. The van der Waals surface area contributed by atoms with E-state index in [4.69, 9.17) is 24.9 Å². The van der Waals surface area contributed by atoms with Gasteiger partial charge in [-0.1, -0.05) is 194 Å². The van der Waals surface area contributed by atoms with Crippen molar-refractivity contribution >= 4 is 43.1 Å². The topological polar surface area (TPSA) is 64.5 Å². The Morgan fingerprint density at radius 2 is 0.638 bits per heavy atom. The van der Waals surface area contributed by atoms with E-state index >= 15 is 0 Å². The van der Waals surface area contributed by atoms with Crippen molar-refractivity contribution < 1.29 is 0 Å². The molecule has 0 radical (unpaired) electrons. The van der Waals surface area contributed by atoms with E-state index < -0.39 is 0 Å². The maximum atomic E-state index is 5.49. The van der Waals surface area contributed by atoms with Crippen LogP contribution in [-0.2, 0) is 0 Å². The molecule has 2 heterocycles. The van der Waals surface area contributed by atoms with Gasteiger partial charge in [-0.15, -0.1) is 0 Å². The molecule has 0 fully saturated rings. The highest BCUT2D eigenvalue weighted by Gasteiger charge is 2.23. The molecule has 270 valence electrons. The van der Waals surface area contributed by atoms with Crippen molar-refractivity contribution in [2.24, 2.45) is 0 Å². The van der Waals surface area contributed by atoms with Gasteiger partial charge in [0.25, 0.3) is 0 Å². The molecular formula is C53H33N5. The number of benzene rings is 9. The normalized spacial score (nSPS) is 11.4. The maximum Gasteiger partial charge on any atom is 0.165 e. The van der Waals surface area contributed by atoms with Crippen LogP contribution in [0, 0.1) is 0 Å². The molecule has 11 aromatic rings. The van der Waals surface area contributed by atoms with Gasteiger partial charge in [-0.25, -0.2) is 24.9 Å². The van der Waals surface area contributed by atoms with Crippen molar-refractivity contribution in [3.8, 4) is 68.1 Å². The Labute approximate surface area is 335 Å². The summed E-state index contributed by atoms with van der Waals surface area (Å²) in [4.78, 5) is 26.3. The van der Waals surface area contributed by atoms with Crippen LogP contribution in [0.15, 0.2) is 200 Å². The smallest absolute Gasteiger partial charge is 0.165 e. The summed E-state index contributed by atoms with van der Waals surface area (Å²) >= 11 is 0. The van der Waals surface area contributed by atoms with Crippen LogP contribution in [0.1, 0.15) is 0 Å². The van der Waals surface area contributed by atoms with Gasteiger partial charge in [0.05, 0.1) is 11.4 Å². The number of aromatic nitrogens is 5. The molecule has 5 heteroatoms. The molecule has 5 nitrogen and oxygen atoms in total. The molecule has 11 rings (SSSR count). The highest BCUT2D eigenvalue weighted by molar-refractivity contribution is 6.20. The summed E-state index contributed by atoms with van der Waals surface area (Å²) in [6.07, 6.45) is 0. The monoisotopic (exact) mass is 739 g/mol. The zero-order valence-electron chi connectivity index (χ0n) is 31.3. The number of rotatable bonds is 6. The second kappa shape index (κ2) is 14.0. The van der Waals surface area contributed by atoms with E-state index in [2.05, 4.69) is 140 Å². The lowest BCUT2D eigenvalue weighted by Crippen LogP contribution is -2.02. The van der Waals surface area contributed by atoms with Gasteiger partial charge in [0, 0.05) is 33.4 Å². The van der Waals surface area contributed by atoms with Crippen molar-refractivity contribution in [1.29, 1.82) is 0 Å². The van der Waals surface area contributed by atoms with Crippen molar-refractivity contribution in [3.05, 3.63) is 200 Å². The molecule has 0 saturated carbocycles. The van der Waals surface area contributed by atoms with Gasteiger partial charge in [-0.3, -0.25) is 0 Å². The average Bonchev–Trinajstić information content (AvgIpc) is 3.30. The predicted molar refractivity (Wildman–Crippen MR) is 238 cm³/mol. The van der Waals surface area contributed by atoms with E-state index in [9.17, 15) is 0 Å². The van der Waals surface area contributed by atoms with Crippen molar-refractivity contribution in [1.82, 2.24) is 24.9 Å². The molecule has 0 spiro atoms. The largest absolute Gasteiger partial charge is 0.228 e. The Hall–Kier alpha value is -7.89. The lowest BCUT2D eigenvalue weighted by atomic mass is 9.89. The predicted octanol–water partition coefficient (Wildman–Crippen LogP) is 13.3. The highest BCUT2D eigenvalue weighted by Crippen LogP contribution is 2.44. The fourth-order valence-electron chi connectivity index (χ4n) is 8.27. The minimum Gasteiger partial charge on any atom is -0.228 e. The third-order valence-corrected chi connectivity index (χ3v) is 10.9. The summed E-state index contributed by atoms with van der Waals surface area (Å²) in [5.41, 5.74) is 7.57. The van der Waals surface area contributed by atoms with Crippen molar-refractivity contribution in [2.75, 3.05) is 0 Å². The van der Waals surface area contributed by atoms with Crippen molar-refractivity contribution in [2.45, 2.75) is 0 Å². The molecule has 0 N–H and O–H groups in total. The molecule has 2 aromatic heterocycles. The third kappa shape index (κ3) is 5.76. The van der Waals surface area contributed by atoms with Crippen molar-refractivity contribution in [3.63, 3.8) is 0 Å². The molecule has 9 aromatic carbocycles. The van der Waals surface area contributed by atoms with Crippen LogP contribution in [0.2, 0.25) is 0 Å². The lowest BCUT2D eigenvalue weighted by molar-refractivity contribution is 1.08. The molecule has 58 heavy (non-hydrogen) atoms. The quantitative estimate of drug-likeness (QED) is 0.159. The van der Waals surface area contributed by atoms with Gasteiger partial charge in [0.2, 0.25) is 0 Å². The maximum absolute atomic E-state index is 5.49. The van der Waals surface area contributed by atoms with Crippen LogP contribution in [-0.4, -0.2) is 24.9 Å². The van der Waals surface area contributed by atoms with Gasteiger partial charge in [-0.2, -0.15) is 0 Å². The molecule has 0 aliphatic carbocycles. The van der Waals surface area contributed by atoms with E-state index in [0.29, 0.717) is 23.3 Å². The van der Waals surface area contributed by atoms with Gasteiger partial charge < -0.3 is 0 Å². The Balaban J connectivity index is 1.22. The zero-order chi connectivity index (χ0) is 38.4. The van der Waals surface area contributed by atoms with Gasteiger partial charge in [-0.05, 0) is 49.2 Å². The fourth-order valence-corrected chi connectivity index (χ4v) is 8.27. The zero-order valence-corrected chi connectivity index (χ0v) is 31.3. The van der Waals surface area contributed by atoms with Crippen LogP contribution in [0.4, 0.5) is 0 Å². The van der Waals surface area contributed by atoms with Gasteiger partial charge in [0.1, 0.15) is 0 Å². The van der Waals surface area contributed by atoms with Gasteiger partial charge in [0.15, 0.2) is 23.3 Å². The molecule has 0 aliphatic heterocycles. The van der Waals surface area contributed by atoms with Crippen LogP contribution in [0.5, 0.6) is 0 Å². The van der Waals surface area contributed by atoms with E-state index in [1.165, 1.54) is 0 Å². The Morgan fingerprint density at radius 3 is 1.19 bits per heavy atom. The first-order valence-corrected chi connectivity index (χ1v) is 19.4. The van der Waals surface area contributed by atoms with E-state index in [0.717, 1.165) is 87.9 Å². The first-order chi connectivity index (χ1) is 28.8. The lowest BCUT2D eigenvalue weighted by Gasteiger charge is -2.18. The minimum atomic E-state index is 0.613. The number of hydrogen-bond acceptors (Lipinski definition) is 5. The number of hydrogen-bond donors (Lipinski definition) is 0. The molecule has 0 bridgehead atoms. The minimum absolute atomic E-state index is 0.613. The molecule has 0 unspecified atom stereocenters. The van der Waals surface area contributed by atoms with Crippen LogP contribution in [0.3, 0.4) is 0 Å². The van der Waals surface area contributed by atoms with E-state index in [-0.39, 0.29) is 0 Å². The highest BCUT2D eigenvalue weighted by atomic mass is 15.0. The third-order valence-electron chi connectivity index (χ3n) is 10.9. The summed E-state index contributed by atoms with van der Waals surface area (Å²) in [5, 5.41) is 8.69. The Bertz CT molecular complexity index is 3120. The van der Waals surface area contributed by atoms with Crippen LogP contribution >= 0.6 is 0 Å². The summed E-state index contributed by atoms with van der Waals surface area (Å²) in [6, 6.07) is 69.2. The molecule has 0 saturated heterocycles. The van der Waals surface area contributed by atoms with Crippen LogP contribution in [0.25, 0.3) is 111 Å². The first-order valence-electron chi connectivity index (χ1n) is 19.4. The average molecular weight is 740 g/mol. The molecule has 0 amide bonds. The molecule has 0 aliphatic rings. The summed E-state index contributed by atoms with van der Waals surface area (Å²) in [6.45, 7) is 0. The number of fused-ring (bicyclic) bond motifs is 4. The summed E-state index contributed by atoms with van der Waals surface area (Å²) in [7, 11) is 0. The number of nitrogens with zero attached hydrogens (tertiary/aromatic N) is 5. The first kappa shape index (κ1) is 33.4. The SMILES string of the molecule is c1ccc(-c2nc(-c3ccccc3)nc(-c3c4ccccc4c(-c4cc(-c5cccc6ccccc56)nc(-c5cccc6ccccc56)n4)c4ccccc34)n2)cc1. The molecule has 0 atom stereocenters. The summed E-state index contributed by atoms with van der Waals surface area (Å²) < 4.78 is 0. The summed E-state index contributed by atoms with van der Waals surface area (Å²) in [5.74, 6) is 2.53. The van der Waals surface area contributed by atoms with E-state index in [1.54, 1.807) is 0 Å². The standard InChI is InChI=1S/C53H33N5/c1-3-19-36(20-4-1)50-56-51(37-21-5-2-6-22-37)58-53(57-50)49-43-29-13-11-27-41(43)48(42-28-12-14-30-44(42)49)47-33-46(40-31-15-23-34-17-7-9-25-38(34)40)54-52(55-47)45-32-16-24-35-18-8-10-26-39(35)45/h1-33H. The molecular weight excluding hydrogens is 707 g/mol. The Morgan fingerprint density at radius 1 is 0.241 bits per heavy atom. The van der Waals surface area contributed by atoms with Crippen LogP contribution < -0.4 is 0 Å². The van der Waals surface area contributed by atoms with E-state index in [1.807, 2.05) is 60.7 Å². The Kier molecular flexibility index (Phi) is 8.07.